The molecule has 0 spiro atoms. The largest absolute Gasteiger partial charge is 0.393 e. The summed E-state index contributed by atoms with van der Waals surface area (Å²) in [7, 11) is 0. The summed E-state index contributed by atoms with van der Waals surface area (Å²) in [5.41, 5.74) is 0. The van der Waals surface area contributed by atoms with Crippen molar-refractivity contribution in [3.05, 3.63) is 21.2 Å². The van der Waals surface area contributed by atoms with Crippen LogP contribution in [0.3, 0.4) is 0 Å². The number of rotatable bonds is 2. The highest BCUT2D eigenvalue weighted by molar-refractivity contribution is 9.11. The van der Waals surface area contributed by atoms with Crippen LogP contribution < -0.4 is 4.90 Å². The maximum Gasteiger partial charge on any atom is 0.142 e. The molecule has 0 saturated carbocycles. The molecule has 1 unspecified atom stereocenters. The summed E-state index contributed by atoms with van der Waals surface area (Å²) < 4.78 is 1.99. The lowest BCUT2D eigenvalue weighted by Crippen LogP contribution is -2.37. The van der Waals surface area contributed by atoms with Crippen molar-refractivity contribution in [2.24, 2.45) is 5.92 Å². The van der Waals surface area contributed by atoms with Crippen LogP contribution in [0.5, 0.6) is 0 Å². The van der Waals surface area contributed by atoms with Gasteiger partial charge in [-0.1, -0.05) is 0 Å². The minimum absolute atomic E-state index is 0.196. The summed E-state index contributed by atoms with van der Waals surface area (Å²) >= 11 is 6.95. The number of hydrogen-bond acceptors (Lipinski definition) is 3. The van der Waals surface area contributed by atoms with Crippen molar-refractivity contribution in [3.63, 3.8) is 0 Å². The van der Waals surface area contributed by atoms with Gasteiger partial charge in [-0.3, -0.25) is 0 Å². The van der Waals surface area contributed by atoms with Gasteiger partial charge in [-0.25, -0.2) is 4.98 Å². The first-order valence-corrected chi connectivity index (χ1v) is 7.40. The van der Waals surface area contributed by atoms with E-state index in [4.69, 9.17) is 0 Å². The number of piperidine rings is 1. The predicted octanol–water partition coefficient (Wildman–Crippen LogP) is 3.20. The second-order valence-corrected chi connectivity index (χ2v) is 6.29. The molecule has 0 bridgehead atoms. The molecule has 1 atom stereocenters. The molecule has 1 aliphatic heterocycles. The Hall–Kier alpha value is -0.130. The lowest BCUT2D eigenvalue weighted by molar-refractivity contribution is 0.109. The zero-order valence-electron chi connectivity index (χ0n) is 9.74. The van der Waals surface area contributed by atoms with E-state index in [-0.39, 0.29) is 6.10 Å². The Balaban J connectivity index is 2.05. The Kier molecular flexibility index (Phi) is 4.44. The number of aliphatic hydroxyl groups excluding tert-OH is 1. The lowest BCUT2D eigenvalue weighted by atomic mass is 9.92. The number of hydrogen-bond donors (Lipinski definition) is 1. The van der Waals surface area contributed by atoms with Gasteiger partial charge in [-0.2, -0.15) is 0 Å². The first-order chi connectivity index (χ1) is 8.08. The first kappa shape index (κ1) is 13.3. The van der Waals surface area contributed by atoms with Crippen molar-refractivity contribution < 1.29 is 5.11 Å². The second-order valence-electron chi connectivity index (χ2n) is 4.52. The average molecular weight is 364 g/mol. The molecule has 1 aromatic heterocycles. The van der Waals surface area contributed by atoms with Crippen LogP contribution in [-0.2, 0) is 0 Å². The van der Waals surface area contributed by atoms with Crippen LogP contribution in [0.1, 0.15) is 19.8 Å². The van der Waals surface area contributed by atoms with E-state index in [2.05, 4.69) is 41.7 Å². The number of aromatic nitrogens is 1. The third-order valence-corrected chi connectivity index (χ3v) is 4.33. The molecule has 1 N–H and O–H groups in total. The fourth-order valence-electron chi connectivity index (χ4n) is 2.23. The van der Waals surface area contributed by atoms with Crippen molar-refractivity contribution >= 4 is 37.7 Å². The van der Waals surface area contributed by atoms with E-state index in [1.165, 1.54) is 0 Å². The van der Waals surface area contributed by atoms with Crippen molar-refractivity contribution in [1.82, 2.24) is 4.98 Å². The van der Waals surface area contributed by atoms with Gasteiger partial charge in [0.2, 0.25) is 0 Å². The van der Waals surface area contributed by atoms with Crippen LogP contribution in [0.25, 0.3) is 0 Å². The van der Waals surface area contributed by atoms with Crippen molar-refractivity contribution in [3.8, 4) is 0 Å². The van der Waals surface area contributed by atoms with E-state index in [1.54, 1.807) is 0 Å². The molecule has 3 nitrogen and oxygen atoms in total. The van der Waals surface area contributed by atoms with Crippen molar-refractivity contribution in [1.29, 1.82) is 0 Å². The zero-order valence-corrected chi connectivity index (χ0v) is 12.9. The fourth-order valence-corrected chi connectivity index (χ4v) is 3.47. The van der Waals surface area contributed by atoms with E-state index < -0.39 is 0 Å². The number of anilines is 1. The van der Waals surface area contributed by atoms with Crippen LogP contribution >= 0.6 is 31.9 Å². The molecule has 0 aromatic carbocycles. The summed E-state index contributed by atoms with van der Waals surface area (Å²) in [6, 6.07) is 2.02. The fraction of sp³-hybridized carbons (Fsp3) is 0.583. The van der Waals surface area contributed by atoms with Crippen LogP contribution in [-0.4, -0.2) is 29.3 Å². The van der Waals surface area contributed by atoms with E-state index >= 15 is 0 Å². The monoisotopic (exact) mass is 362 g/mol. The topological polar surface area (TPSA) is 36.4 Å². The Morgan fingerprint density at radius 1 is 1.41 bits per heavy atom. The van der Waals surface area contributed by atoms with Gasteiger partial charge < -0.3 is 10.0 Å². The molecule has 5 heteroatoms. The third-order valence-electron chi connectivity index (χ3n) is 3.31. The lowest BCUT2D eigenvalue weighted by Gasteiger charge is -2.34. The number of nitrogens with zero attached hydrogens (tertiary/aromatic N) is 2. The van der Waals surface area contributed by atoms with Crippen LogP contribution in [0.15, 0.2) is 21.2 Å². The van der Waals surface area contributed by atoms with Gasteiger partial charge in [0.05, 0.1) is 10.6 Å². The second kappa shape index (κ2) is 5.67. The molecule has 1 aromatic rings. The summed E-state index contributed by atoms with van der Waals surface area (Å²) in [5.74, 6) is 1.43. The molecule has 94 valence electrons. The summed E-state index contributed by atoms with van der Waals surface area (Å²) in [4.78, 5) is 6.71. The molecular formula is C12H16Br2N2O. The van der Waals surface area contributed by atoms with E-state index in [1.807, 2.05) is 19.2 Å². The molecule has 0 amide bonds. The van der Waals surface area contributed by atoms with Crippen molar-refractivity contribution in [2.75, 3.05) is 18.0 Å². The zero-order chi connectivity index (χ0) is 12.4. The number of halogens is 2. The third kappa shape index (κ3) is 3.20. The Bertz CT molecular complexity index is 390. The summed E-state index contributed by atoms with van der Waals surface area (Å²) in [6.45, 7) is 3.81. The molecule has 0 radical (unpaired) electrons. The molecule has 2 heterocycles. The standard InChI is InChI=1S/C12H16Br2N2O/c1-8(17)9-2-4-16(5-3-9)12-11(14)6-10(13)7-15-12/h6-9,17H,2-5H2,1H3. The van der Waals surface area contributed by atoms with Crippen molar-refractivity contribution in [2.45, 2.75) is 25.9 Å². The maximum atomic E-state index is 9.58. The van der Waals surface area contributed by atoms with E-state index in [0.717, 1.165) is 40.7 Å². The molecule has 17 heavy (non-hydrogen) atoms. The quantitative estimate of drug-likeness (QED) is 0.876. The Morgan fingerprint density at radius 2 is 2.06 bits per heavy atom. The number of aliphatic hydroxyl groups is 1. The average Bonchev–Trinajstić information content (AvgIpc) is 2.29. The molecule has 1 aliphatic rings. The highest BCUT2D eigenvalue weighted by Gasteiger charge is 2.24. The minimum Gasteiger partial charge on any atom is -0.393 e. The van der Waals surface area contributed by atoms with Gasteiger partial charge in [0, 0.05) is 23.8 Å². The molecule has 2 rings (SSSR count). The molecule has 1 saturated heterocycles. The van der Waals surface area contributed by atoms with Gasteiger partial charge in [-0.15, -0.1) is 0 Å². The maximum absolute atomic E-state index is 9.58. The Morgan fingerprint density at radius 3 is 2.59 bits per heavy atom. The molecule has 1 fully saturated rings. The van der Waals surface area contributed by atoms with E-state index in [0.29, 0.717) is 5.92 Å². The van der Waals surface area contributed by atoms with Gasteiger partial charge in [0.15, 0.2) is 0 Å². The highest BCUT2D eigenvalue weighted by Crippen LogP contribution is 2.30. The van der Waals surface area contributed by atoms with Crippen LogP contribution in [0.4, 0.5) is 5.82 Å². The summed E-state index contributed by atoms with van der Waals surface area (Å²) in [6.07, 6.45) is 3.68. The van der Waals surface area contributed by atoms with Gasteiger partial charge >= 0.3 is 0 Å². The van der Waals surface area contributed by atoms with Gasteiger partial charge in [0.25, 0.3) is 0 Å². The van der Waals surface area contributed by atoms with E-state index in [9.17, 15) is 5.11 Å². The SMILES string of the molecule is CC(O)C1CCN(c2ncc(Br)cc2Br)CC1. The van der Waals surface area contributed by atoms with Gasteiger partial charge in [0.1, 0.15) is 5.82 Å². The van der Waals surface area contributed by atoms with Gasteiger partial charge in [-0.05, 0) is 63.6 Å². The first-order valence-electron chi connectivity index (χ1n) is 5.82. The molecule has 0 aliphatic carbocycles. The predicted molar refractivity (Wildman–Crippen MR) is 76.3 cm³/mol. The normalized spacial score (nSPS) is 19.4. The smallest absolute Gasteiger partial charge is 0.142 e. The highest BCUT2D eigenvalue weighted by atomic mass is 79.9. The van der Waals surface area contributed by atoms with Crippen LogP contribution in [0, 0.1) is 5.92 Å². The van der Waals surface area contributed by atoms with Crippen LogP contribution in [0.2, 0.25) is 0 Å². The molecular weight excluding hydrogens is 348 g/mol. The Labute approximate surface area is 118 Å². The minimum atomic E-state index is -0.196. The summed E-state index contributed by atoms with van der Waals surface area (Å²) in [5, 5.41) is 9.58. The number of pyridine rings is 1.